The van der Waals surface area contributed by atoms with Crippen molar-refractivity contribution < 1.29 is 14.3 Å². The highest BCUT2D eigenvalue weighted by Gasteiger charge is 2.32. The summed E-state index contributed by atoms with van der Waals surface area (Å²) in [5.41, 5.74) is 0.500. The number of piperidine rings is 1. The fraction of sp³-hybridized carbons (Fsp3) is 0.600. The number of carbonyl (C=O) groups is 2. The summed E-state index contributed by atoms with van der Waals surface area (Å²) >= 11 is 0. The molecule has 0 spiro atoms. The monoisotopic (exact) mass is 344 g/mol. The van der Waals surface area contributed by atoms with Crippen LogP contribution >= 0.6 is 0 Å². The minimum atomic E-state index is -0.198. The Hall–Kier alpha value is -2.04. The first kappa shape index (κ1) is 17.8. The molecule has 2 unspecified atom stereocenters. The number of methoxy groups -OCH3 is 1. The number of para-hydroxylation sites is 1. The molecule has 2 amide bonds. The highest BCUT2D eigenvalue weighted by Crippen LogP contribution is 2.36. The summed E-state index contributed by atoms with van der Waals surface area (Å²) in [4.78, 5) is 26.7. The van der Waals surface area contributed by atoms with Gasteiger partial charge in [0, 0.05) is 26.1 Å². The van der Waals surface area contributed by atoms with E-state index in [1.807, 2.05) is 11.0 Å². The quantitative estimate of drug-likeness (QED) is 0.893. The van der Waals surface area contributed by atoms with Crippen molar-refractivity contribution in [1.82, 2.24) is 10.2 Å². The van der Waals surface area contributed by atoms with Crippen molar-refractivity contribution in [3.8, 4) is 5.75 Å². The molecule has 0 radical (unpaired) electrons. The van der Waals surface area contributed by atoms with Gasteiger partial charge < -0.3 is 15.0 Å². The number of nitrogens with zero attached hydrogens (tertiary/aromatic N) is 1. The van der Waals surface area contributed by atoms with E-state index in [9.17, 15) is 9.59 Å². The van der Waals surface area contributed by atoms with Gasteiger partial charge in [-0.2, -0.15) is 0 Å². The maximum absolute atomic E-state index is 12.5. The number of ether oxygens (including phenoxy) is 1. The summed E-state index contributed by atoms with van der Waals surface area (Å²) in [6.45, 7) is 2.14. The molecule has 3 rings (SSSR count). The van der Waals surface area contributed by atoms with Gasteiger partial charge in [0.25, 0.3) is 5.91 Å². The average molecular weight is 344 g/mol. The van der Waals surface area contributed by atoms with Crippen molar-refractivity contribution in [2.45, 2.75) is 38.5 Å². The predicted octanol–water partition coefficient (Wildman–Crippen LogP) is 2.85. The molecule has 0 aromatic heterocycles. The highest BCUT2D eigenvalue weighted by atomic mass is 16.5. The molecule has 1 aromatic carbocycles. The first-order valence-electron chi connectivity index (χ1n) is 9.38. The number of carbonyl (C=O) groups excluding carboxylic acids is 2. The molecule has 2 atom stereocenters. The van der Waals surface area contributed by atoms with Crippen LogP contribution < -0.4 is 10.1 Å². The van der Waals surface area contributed by atoms with Gasteiger partial charge in [0.15, 0.2) is 0 Å². The van der Waals surface area contributed by atoms with Gasteiger partial charge in [-0.15, -0.1) is 0 Å². The fourth-order valence-corrected chi connectivity index (χ4v) is 4.20. The number of hydrogen-bond acceptors (Lipinski definition) is 3. The number of likely N-dealkylation sites (tertiary alicyclic amines) is 1. The van der Waals surface area contributed by atoms with E-state index < -0.39 is 0 Å². The normalized spacial score (nSPS) is 22.8. The van der Waals surface area contributed by atoms with E-state index in [2.05, 4.69) is 5.32 Å². The number of rotatable bonds is 5. The topological polar surface area (TPSA) is 58.6 Å². The average Bonchev–Trinajstić information content (AvgIpc) is 2.67. The number of benzene rings is 1. The molecule has 0 bridgehead atoms. The van der Waals surface area contributed by atoms with Crippen molar-refractivity contribution in [1.29, 1.82) is 0 Å². The van der Waals surface area contributed by atoms with Crippen LogP contribution in [0.25, 0.3) is 0 Å². The Kier molecular flexibility index (Phi) is 5.95. The van der Waals surface area contributed by atoms with Crippen LogP contribution in [0.15, 0.2) is 24.3 Å². The zero-order valence-corrected chi connectivity index (χ0v) is 15.0. The molecular formula is C20H28N2O3. The van der Waals surface area contributed by atoms with Gasteiger partial charge in [-0.3, -0.25) is 9.59 Å². The molecular weight excluding hydrogens is 316 g/mol. The summed E-state index contributed by atoms with van der Waals surface area (Å²) in [5.74, 6) is 2.02. The van der Waals surface area contributed by atoms with E-state index >= 15 is 0 Å². The molecule has 1 heterocycles. The summed E-state index contributed by atoms with van der Waals surface area (Å²) in [5, 5.41) is 2.83. The maximum atomic E-state index is 12.5. The van der Waals surface area contributed by atoms with Gasteiger partial charge in [0.2, 0.25) is 5.91 Å². The van der Waals surface area contributed by atoms with Crippen LogP contribution in [-0.2, 0) is 4.79 Å². The lowest BCUT2D eigenvalue weighted by molar-refractivity contribution is -0.134. The molecule has 1 aliphatic heterocycles. The minimum Gasteiger partial charge on any atom is -0.496 e. The highest BCUT2D eigenvalue weighted by molar-refractivity contribution is 5.97. The lowest BCUT2D eigenvalue weighted by Gasteiger charge is -2.41. The Balaban J connectivity index is 1.45. The maximum Gasteiger partial charge on any atom is 0.255 e. The lowest BCUT2D eigenvalue weighted by Crippen LogP contribution is -2.45. The Labute approximate surface area is 149 Å². The van der Waals surface area contributed by atoms with E-state index in [0.29, 0.717) is 30.2 Å². The zero-order chi connectivity index (χ0) is 17.6. The first-order chi connectivity index (χ1) is 12.2. The lowest BCUT2D eigenvalue weighted by atomic mass is 9.75. The molecule has 1 aliphatic carbocycles. The fourth-order valence-electron chi connectivity index (χ4n) is 4.20. The van der Waals surface area contributed by atoms with Crippen LogP contribution in [0.2, 0.25) is 0 Å². The van der Waals surface area contributed by atoms with Crippen LogP contribution in [-0.4, -0.2) is 43.5 Å². The van der Waals surface area contributed by atoms with Crippen molar-refractivity contribution in [2.75, 3.05) is 26.7 Å². The summed E-state index contributed by atoms with van der Waals surface area (Å²) in [6, 6.07) is 7.11. The Morgan fingerprint density at radius 2 is 1.92 bits per heavy atom. The third kappa shape index (κ3) is 4.33. The number of amides is 2. The van der Waals surface area contributed by atoms with Gasteiger partial charge in [-0.1, -0.05) is 31.4 Å². The molecule has 5 heteroatoms. The third-order valence-electron chi connectivity index (χ3n) is 5.62. The van der Waals surface area contributed by atoms with Gasteiger partial charge in [-0.05, 0) is 36.8 Å². The largest absolute Gasteiger partial charge is 0.496 e. The zero-order valence-electron chi connectivity index (χ0n) is 15.0. The molecule has 1 saturated heterocycles. The van der Waals surface area contributed by atoms with E-state index in [1.54, 1.807) is 25.3 Å². The first-order valence-corrected chi connectivity index (χ1v) is 9.38. The number of fused-ring (bicyclic) bond motifs is 1. The van der Waals surface area contributed by atoms with Crippen LogP contribution in [0.5, 0.6) is 5.75 Å². The van der Waals surface area contributed by atoms with Crippen molar-refractivity contribution in [3.05, 3.63) is 29.8 Å². The third-order valence-corrected chi connectivity index (χ3v) is 5.62. The van der Waals surface area contributed by atoms with Crippen molar-refractivity contribution in [2.24, 2.45) is 11.8 Å². The second-order valence-corrected chi connectivity index (χ2v) is 7.14. The summed E-state index contributed by atoms with van der Waals surface area (Å²) < 4.78 is 5.20. The molecule has 2 fully saturated rings. The number of hydrogen-bond donors (Lipinski definition) is 1. The van der Waals surface area contributed by atoms with Gasteiger partial charge in [0.05, 0.1) is 12.7 Å². The summed E-state index contributed by atoms with van der Waals surface area (Å²) in [6.07, 6.45) is 6.76. The number of nitrogens with one attached hydrogen (secondary N) is 1. The molecule has 25 heavy (non-hydrogen) atoms. The Morgan fingerprint density at radius 3 is 2.72 bits per heavy atom. The smallest absolute Gasteiger partial charge is 0.255 e. The molecule has 1 N–H and O–H groups in total. The van der Waals surface area contributed by atoms with Crippen molar-refractivity contribution >= 4 is 11.8 Å². The van der Waals surface area contributed by atoms with Crippen LogP contribution in [0.1, 0.15) is 48.9 Å². The predicted molar refractivity (Wildman–Crippen MR) is 96.6 cm³/mol. The molecule has 1 saturated carbocycles. The van der Waals surface area contributed by atoms with Gasteiger partial charge in [0.1, 0.15) is 5.75 Å². The van der Waals surface area contributed by atoms with E-state index in [4.69, 9.17) is 4.74 Å². The van der Waals surface area contributed by atoms with Gasteiger partial charge >= 0.3 is 0 Å². The van der Waals surface area contributed by atoms with E-state index in [0.717, 1.165) is 25.4 Å². The molecule has 1 aromatic rings. The molecule has 5 nitrogen and oxygen atoms in total. The second kappa shape index (κ2) is 8.37. The molecule has 2 aliphatic rings. The van der Waals surface area contributed by atoms with Crippen LogP contribution in [0.4, 0.5) is 0 Å². The second-order valence-electron chi connectivity index (χ2n) is 7.14. The van der Waals surface area contributed by atoms with Crippen LogP contribution in [0, 0.1) is 11.8 Å². The van der Waals surface area contributed by atoms with E-state index in [-0.39, 0.29) is 11.8 Å². The molecule has 136 valence electrons. The van der Waals surface area contributed by atoms with Crippen molar-refractivity contribution in [3.63, 3.8) is 0 Å². The standard InChI is InChI=1S/C20H28N2O3/c1-25-18-9-5-4-8-17(18)20(24)21-12-10-19(23)22-13-11-15-6-2-3-7-16(15)14-22/h4-5,8-9,15-16H,2-3,6-7,10-14H2,1H3,(H,21,24). The SMILES string of the molecule is COc1ccccc1C(=O)NCCC(=O)N1CCC2CCCCC2C1. The van der Waals surface area contributed by atoms with Crippen LogP contribution in [0.3, 0.4) is 0 Å². The minimum absolute atomic E-state index is 0.157. The Bertz CT molecular complexity index is 617. The Morgan fingerprint density at radius 1 is 1.16 bits per heavy atom. The van der Waals surface area contributed by atoms with Gasteiger partial charge in [-0.25, -0.2) is 0 Å². The summed E-state index contributed by atoms with van der Waals surface area (Å²) in [7, 11) is 1.55. The van der Waals surface area contributed by atoms with E-state index in [1.165, 1.54) is 25.7 Å².